The molecule has 7 heteroatoms. The van der Waals surface area contributed by atoms with Crippen molar-refractivity contribution in [3.05, 3.63) is 70.6 Å². The highest BCUT2D eigenvalue weighted by Crippen LogP contribution is 2.26. The van der Waals surface area contributed by atoms with Crippen molar-refractivity contribution in [2.24, 2.45) is 0 Å². The molecule has 0 N–H and O–H groups in total. The molecule has 2 aromatic carbocycles. The topological polar surface area (TPSA) is 86.5 Å². The molecule has 0 fully saturated rings. The van der Waals surface area contributed by atoms with Gasteiger partial charge in [0.1, 0.15) is 17.3 Å². The Kier molecular flexibility index (Phi) is 6.41. The number of aryl methyl sites for hydroxylation is 3. The van der Waals surface area contributed by atoms with Gasteiger partial charge < -0.3 is 9.15 Å². The summed E-state index contributed by atoms with van der Waals surface area (Å²) in [7, 11) is -2.11. The molecule has 0 radical (unpaired) electrons. The molecule has 3 aromatic rings. The van der Waals surface area contributed by atoms with Crippen molar-refractivity contribution in [2.75, 3.05) is 12.9 Å². The van der Waals surface area contributed by atoms with Gasteiger partial charge in [0.05, 0.1) is 18.6 Å². The summed E-state index contributed by atoms with van der Waals surface area (Å²) in [6.45, 7) is 5.56. The number of carbonyl (C=O) groups is 1. The Bertz CT molecular complexity index is 1180. The fourth-order valence-corrected chi connectivity index (χ4v) is 4.63. The number of benzene rings is 2. The molecule has 158 valence electrons. The Labute approximate surface area is 176 Å². The van der Waals surface area contributed by atoms with Crippen molar-refractivity contribution in [3.63, 3.8) is 0 Å². The molecule has 0 aliphatic heterocycles. The first-order valence-corrected chi connectivity index (χ1v) is 11.4. The fourth-order valence-electron chi connectivity index (χ4n) is 3.25. The van der Waals surface area contributed by atoms with Gasteiger partial charge in [-0.15, -0.1) is 0 Å². The number of rotatable bonds is 8. The van der Waals surface area contributed by atoms with Gasteiger partial charge in [0.2, 0.25) is 5.89 Å². The quantitative estimate of drug-likeness (QED) is 0.540. The zero-order chi connectivity index (χ0) is 21.9. The van der Waals surface area contributed by atoms with E-state index in [4.69, 9.17) is 9.15 Å². The van der Waals surface area contributed by atoms with E-state index in [0.29, 0.717) is 28.7 Å². The van der Waals surface area contributed by atoms with Crippen LogP contribution in [0.5, 0.6) is 5.75 Å². The molecule has 0 amide bonds. The number of sulfone groups is 1. The highest BCUT2D eigenvalue weighted by molar-refractivity contribution is 7.91. The van der Waals surface area contributed by atoms with Gasteiger partial charge in [-0.05, 0) is 50.1 Å². The summed E-state index contributed by atoms with van der Waals surface area (Å²) in [5, 5.41) is 0. The third-order valence-corrected chi connectivity index (χ3v) is 6.31. The smallest absolute Gasteiger partial charge is 0.226 e. The summed E-state index contributed by atoms with van der Waals surface area (Å²) in [6.07, 6.45) is 0.0954. The van der Waals surface area contributed by atoms with Crippen LogP contribution in [-0.4, -0.2) is 32.0 Å². The lowest BCUT2D eigenvalue weighted by molar-refractivity contribution is -0.116. The number of hydrogen-bond donors (Lipinski definition) is 0. The van der Waals surface area contributed by atoms with Crippen LogP contribution >= 0.6 is 0 Å². The number of ether oxygens (including phenoxy) is 1. The Hall–Kier alpha value is -2.93. The zero-order valence-corrected chi connectivity index (χ0v) is 18.4. The van der Waals surface area contributed by atoms with Gasteiger partial charge in [-0.2, -0.15) is 0 Å². The summed E-state index contributed by atoms with van der Waals surface area (Å²) >= 11 is 0. The van der Waals surface area contributed by atoms with Gasteiger partial charge in [0.25, 0.3) is 0 Å². The summed E-state index contributed by atoms with van der Waals surface area (Å²) in [5.74, 6) is 0.175. The van der Waals surface area contributed by atoms with E-state index in [-0.39, 0.29) is 18.0 Å². The normalized spacial score (nSPS) is 11.5. The summed E-state index contributed by atoms with van der Waals surface area (Å²) in [6, 6.07) is 12.9. The minimum atomic E-state index is -3.68. The first-order valence-electron chi connectivity index (χ1n) is 9.56. The van der Waals surface area contributed by atoms with E-state index in [1.54, 1.807) is 38.3 Å². The number of nitrogens with zero attached hydrogens (tertiary/aromatic N) is 1. The van der Waals surface area contributed by atoms with Crippen LogP contribution in [0.4, 0.5) is 0 Å². The van der Waals surface area contributed by atoms with E-state index >= 15 is 0 Å². The molecular formula is C23H25NO5S. The van der Waals surface area contributed by atoms with Crippen molar-refractivity contribution in [3.8, 4) is 17.2 Å². The molecule has 0 aliphatic carbocycles. The van der Waals surface area contributed by atoms with E-state index < -0.39 is 15.6 Å². The average molecular weight is 428 g/mol. The summed E-state index contributed by atoms with van der Waals surface area (Å²) < 4.78 is 36.1. The van der Waals surface area contributed by atoms with Crippen molar-refractivity contribution in [1.29, 1.82) is 0 Å². The van der Waals surface area contributed by atoms with Crippen LogP contribution in [0.15, 0.2) is 46.9 Å². The summed E-state index contributed by atoms with van der Waals surface area (Å²) in [5.41, 5.74) is 3.93. The van der Waals surface area contributed by atoms with Crippen LogP contribution in [0, 0.1) is 20.8 Å². The molecule has 3 rings (SSSR count). The molecule has 0 saturated heterocycles. The number of hydrogen-bond acceptors (Lipinski definition) is 6. The lowest BCUT2D eigenvalue weighted by atomic mass is 10.0. The molecular weight excluding hydrogens is 402 g/mol. The molecule has 0 bridgehead atoms. The number of methoxy groups -OCH3 is 1. The lowest BCUT2D eigenvalue weighted by Crippen LogP contribution is -2.20. The first kappa shape index (κ1) is 21.8. The zero-order valence-electron chi connectivity index (χ0n) is 17.6. The van der Waals surface area contributed by atoms with Crippen LogP contribution in [-0.2, 0) is 26.8 Å². The molecule has 1 aromatic heterocycles. The van der Waals surface area contributed by atoms with E-state index in [1.807, 2.05) is 32.0 Å². The third-order valence-electron chi connectivity index (χ3n) is 4.83. The predicted molar refractivity (Wildman–Crippen MR) is 115 cm³/mol. The maximum Gasteiger partial charge on any atom is 0.226 e. The largest absolute Gasteiger partial charge is 0.497 e. The standard InChI is InChI=1S/C23H25NO5S/c1-15-8-9-18(16(2)10-15)11-20(25)13-30(26,27)14-22-17(3)29-23(24-22)19-6-5-7-21(12-19)28-4/h5-10,12H,11,13-14H2,1-4H3. The van der Waals surface area contributed by atoms with Crippen molar-refractivity contribution in [1.82, 2.24) is 4.98 Å². The van der Waals surface area contributed by atoms with Crippen LogP contribution in [0.2, 0.25) is 0 Å². The van der Waals surface area contributed by atoms with Crippen LogP contribution < -0.4 is 4.74 Å². The second-order valence-electron chi connectivity index (χ2n) is 7.43. The van der Waals surface area contributed by atoms with Gasteiger partial charge in [-0.3, -0.25) is 4.79 Å². The van der Waals surface area contributed by atoms with E-state index in [9.17, 15) is 13.2 Å². The molecule has 0 atom stereocenters. The lowest BCUT2D eigenvalue weighted by Gasteiger charge is -2.07. The van der Waals surface area contributed by atoms with Gasteiger partial charge in [0.15, 0.2) is 15.6 Å². The molecule has 0 saturated carbocycles. The third kappa shape index (κ3) is 5.36. The van der Waals surface area contributed by atoms with Crippen molar-refractivity contribution < 1.29 is 22.4 Å². The number of carbonyl (C=O) groups excluding carboxylic acids is 1. The molecule has 1 heterocycles. The average Bonchev–Trinajstić information content (AvgIpc) is 3.03. The second kappa shape index (κ2) is 8.83. The molecule has 0 unspecified atom stereocenters. The first-order chi connectivity index (χ1) is 14.2. The fraction of sp³-hybridized carbons (Fsp3) is 0.304. The number of oxazole rings is 1. The monoisotopic (exact) mass is 427 g/mol. The van der Waals surface area contributed by atoms with E-state index in [2.05, 4.69) is 4.98 Å². The Morgan fingerprint density at radius 1 is 1.10 bits per heavy atom. The number of ketones is 1. The number of aromatic nitrogens is 1. The molecule has 6 nitrogen and oxygen atoms in total. The highest BCUT2D eigenvalue weighted by Gasteiger charge is 2.22. The van der Waals surface area contributed by atoms with Crippen LogP contribution in [0.25, 0.3) is 11.5 Å². The minimum Gasteiger partial charge on any atom is -0.497 e. The minimum absolute atomic E-state index is 0.0954. The molecule has 0 aliphatic rings. The van der Waals surface area contributed by atoms with Gasteiger partial charge >= 0.3 is 0 Å². The highest BCUT2D eigenvalue weighted by atomic mass is 32.2. The maximum atomic E-state index is 12.6. The maximum absolute atomic E-state index is 12.6. The molecule has 0 spiro atoms. The van der Waals surface area contributed by atoms with Crippen LogP contribution in [0.1, 0.15) is 28.1 Å². The van der Waals surface area contributed by atoms with E-state index in [1.165, 1.54) is 0 Å². The van der Waals surface area contributed by atoms with Gasteiger partial charge in [-0.25, -0.2) is 13.4 Å². The number of Topliss-reactive ketones (excluding diaryl/α,β-unsaturated/α-hetero) is 1. The Morgan fingerprint density at radius 2 is 1.87 bits per heavy atom. The predicted octanol–water partition coefficient (Wildman–Crippen LogP) is 4.00. The van der Waals surface area contributed by atoms with Gasteiger partial charge in [-0.1, -0.05) is 29.8 Å². The SMILES string of the molecule is COc1cccc(-c2nc(CS(=O)(=O)CC(=O)Cc3ccc(C)cc3C)c(C)o2)c1. The molecule has 30 heavy (non-hydrogen) atoms. The van der Waals surface area contributed by atoms with Crippen LogP contribution in [0.3, 0.4) is 0 Å². The summed E-state index contributed by atoms with van der Waals surface area (Å²) in [4.78, 5) is 16.7. The second-order valence-corrected chi connectivity index (χ2v) is 9.50. The Balaban J connectivity index is 1.72. The van der Waals surface area contributed by atoms with Crippen molar-refractivity contribution >= 4 is 15.6 Å². The Morgan fingerprint density at radius 3 is 2.57 bits per heavy atom. The van der Waals surface area contributed by atoms with Gasteiger partial charge in [0, 0.05) is 12.0 Å². The van der Waals surface area contributed by atoms with Crippen molar-refractivity contribution in [2.45, 2.75) is 32.9 Å². The van der Waals surface area contributed by atoms with E-state index in [0.717, 1.165) is 16.7 Å².